The lowest BCUT2D eigenvalue weighted by Crippen LogP contribution is -2.41. The predicted molar refractivity (Wildman–Crippen MR) is 105 cm³/mol. The van der Waals surface area contributed by atoms with Crippen LogP contribution < -0.4 is 10.2 Å². The van der Waals surface area contributed by atoms with Crippen molar-refractivity contribution < 1.29 is 14.4 Å². The molecule has 2 aromatic rings. The van der Waals surface area contributed by atoms with Crippen LogP contribution in [0.15, 0.2) is 42.5 Å². The molecule has 0 spiro atoms. The molecule has 0 saturated carbocycles. The maximum Gasteiger partial charge on any atom is 0.239 e. The van der Waals surface area contributed by atoms with Crippen LogP contribution in [0.25, 0.3) is 10.8 Å². The molecule has 0 aliphatic carbocycles. The average Bonchev–Trinajstić information content (AvgIpc) is 3.06. The van der Waals surface area contributed by atoms with Gasteiger partial charge in [-0.25, -0.2) is 0 Å². The lowest BCUT2D eigenvalue weighted by atomic mass is 10.1. The summed E-state index contributed by atoms with van der Waals surface area (Å²) >= 11 is 0. The highest BCUT2D eigenvalue weighted by atomic mass is 16.2. The molecule has 6 heteroatoms. The Morgan fingerprint density at radius 1 is 1.19 bits per heavy atom. The van der Waals surface area contributed by atoms with Gasteiger partial charge in [0.2, 0.25) is 17.7 Å². The van der Waals surface area contributed by atoms with Crippen LogP contribution >= 0.6 is 0 Å². The van der Waals surface area contributed by atoms with Crippen molar-refractivity contribution in [1.82, 2.24) is 10.2 Å². The van der Waals surface area contributed by atoms with Crippen molar-refractivity contribution in [3.8, 4) is 0 Å². The first-order chi connectivity index (χ1) is 13.0. The van der Waals surface area contributed by atoms with E-state index in [1.54, 1.807) is 11.9 Å². The summed E-state index contributed by atoms with van der Waals surface area (Å²) in [6, 6.07) is 13.7. The number of anilines is 1. The smallest absolute Gasteiger partial charge is 0.239 e. The minimum absolute atomic E-state index is 0.0117. The van der Waals surface area contributed by atoms with Crippen LogP contribution in [0.2, 0.25) is 0 Å². The van der Waals surface area contributed by atoms with Crippen molar-refractivity contribution in [3.05, 3.63) is 42.5 Å². The molecule has 1 heterocycles. The van der Waals surface area contributed by atoms with Crippen LogP contribution in [0.1, 0.15) is 19.8 Å². The van der Waals surface area contributed by atoms with Crippen LogP contribution in [-0.4, -0.2) is 49.3 Å². The largest absolute Gasteiger partial charge is 0.355 e. The van der Waals surface area contributed by atoms with Gasteiger partial charge in [0.25, 0.3) is 0 Å². The molecule has 1 fully saturated rings. The highest BCUT2D eigenvalue weighted by Gasteiger charge is 2.37. The van der Waals surface area contributed by atoms with Gasteiger partial charge in [0.15, 0.2) is 0 Å². The number of likely N-dealkylation sites (N-methyl/N-ethyl adjacent to an activating group) is 1. The van der Waals surface area contributed by atoms with E-state index >= 15 is 0 Å². The van der Waals surface area contributed by atoms with E-state index in [4.69, 9.17) is 0 Å². The number of amides is 3. The van der Waals surface area contributed by atoms with E-state index in [1.165, 1.54) is 4.90 Å². The Labute approximate surface area is 159 Å². The summed E-state index contributed by atoms with van der Waals surface area (Å²) in [5.41, 5.74) is 0.830. The normalized spacial score (nSPS) is 16.6. The maximum atomic E-state index is 12.7. The number of carbonyl (C=O) groups is 3. The van der Waals surface area contributed by atoms with Crippen LogP contribution in [0, 0.1) is 5.92 Å². The Balaban J connectivity index is 1.71. The van der Waals surface area contributed by atoms with E-state index in [1.807, 2.05) is 49.4 Å². The zero-order valence-electron chi connectivity index (χ0n) is 15.8. The first-order valence-electron chi connectivity index (χ1n) is 9.31. The fraction of sp³-hybridized carbons (Fsp3) is 0.381. The van der Waals surface area contributed by atoms with E-state index in [-0.39, 0.29) is 30.7 Å². The number of benzene rings is 2. The third kappa shape index (κ3) is 4.10. The standard InChI is InChI=1S/C21H25N3O3/c1-3-11-22-19(25)14-23(2)21(27)16-12-20(26)24(13-16)18-10-6-8-15-7-4-5-9-17(15)18/h4-10,16H,3,11-14H2,1-2H3,(H,22,25)/t16-/m1/s1. The summed E-state index contributed by atoms with van der Waals surface area (Å²) in [6.45, 7) is 2.92. The summed E-state index contributed by atoms with van der Waals surface area (Å²) in [5, 5.41) is 4.81. The second kappa shape index (κ2) is 8.20. The molecule has 0 unspecified atom stereocenters. The highest BCUT2D eigenvalue weighted by Crippen LogP contribution is 2.32. The first-order valence-corrected chi connectivity index (χ1v) is 9.31. The van der Waals surface area contributed by atoms with Gasteiger partial charge in [0.1, 0.15) is 0 Å². The van der Waals surface area contributed by atoms with E-state index in [2.05, 4.69) is 5.32 Å². The number of carbonyl (C=O) groups excluding carboxylic acids is 3. The molecule has 0 bridgehead atoms. The van der Waals surface area contributed by atoms with Crippen LogP contribution in [0.3, 0.4) is 0 Å². The molecule has 1 atom stereocenters. The summed E-state index contributed by atoms with van der Waals surface area (Å²) in [5.74, 6) is -0.838. The summed E-state index contributed by atoms with van der Waals surface area (Å²) in [4.78, 5) is 40.3. The van der Waals surface area contributed by atoms with Gasteiger partial charge < -0.3 is 15.1 Å². The third-order valence-corrected chi connectivity index (χ3v) is 4.86. The van der Waals surface area contributed by atoms with E-state index in [9.17, 15) is 14.4 Å². The fourth-order valence-corrected chi connectivity index (χ4v) is 3.47. The maximum absolute atomic E-state index is 12.7. The van der Waals surface area contributed by atoms with Crippen LogP contribution in [-0.2, 0) is 14.4 Å². The lowest BCUT2D eigenvalue weighted by molar-refractivity contribution is -0.138. The Hall–Kier alpha value is -2.89. The average molecular weight is 367 g/mol. The Kier molecular flexibility index (Phi) is 5.74. The third-order valence-electron chi connectivity index (χ3n) is 4.86. The van der Waals surface area contributed by atoms with Crippen molar-refractivity contribution in [2.45, 2.75) is 19.8 Å². The molecular weight excluding hydrogens is 342 g/mol. The fourth-order valence-electron chi connectivity index (χ4n) is 3.47. The monoisotopic (exact) mass is 367 g/mol. The van der Waals surface area contributed by atoms with Gasteiger partial charge in [-0.1, -0.05) is 43.3 Å². The summed E-state index contributed by atoms with van der Waals surface area (Å²) < 4.78 is 0. The van der Waals surface area contributed by atoms with Gasteiger partial charge in [0.05, 0.1) is 18.2 Å². The zero-order valence-corrected chi connectivity index (χ0v) is 15.8. The topological polar surface area (TPSA) is 69.7 Å². The summed E-state index contributed by atoms with van der Waals surface area (Å²) in [6.07, 6.45) is 1.02. The molecule has 2 aromatic carbocycles. The van der Waals surface area contributed by atoms with Gasteiger partial charge in [-0.15, -0.1) is 0 Å². The van der Waals surface area contributed by atoms with Gasteiger partial charge in [0, 0.05) is 31.9 Å². The SMILES string of the molecule is CCCNC(=O)CN(C)C(=O)[C@@H]1CC(=O)N(c2cccc3ccccc23)C1. The van der Waals surface area contributed by atoms with Gasteiger partial charge in [-0.2, -0.15) is 0 Å². The van der Waals surface area contributed by atoms with Gasteiger partial charge in [-0.3, -0.25) is 14.4 Å². The number of hydrogen-bond acceptors (Lipinski definition) is 3. The van der Waals surface area contributed by atoms with E-state index in [0.717, 1.165) is 22.9 Å². The van der Waals surface area contributed by atoms with E-state index < -0.39 is 5.92 Å². The van der Waals surface area contributed by atoms with Crippen LogP contribution in [0.4, 0.5) is 5.69 Å². The van der Waals surface area contributed by atoms with Crippen molar-refractivity contribution in [2.24, 2.45) is 5.92 Å². The Bertz CT molecular complexity index is 859. The summed E-state index contributed by atoms with van der Waals surface area (Å²) in [7, 11) is 1.61. The second-order valence-electron chi connectivity index (χ2n) is 6.95. The van der Waals surface area contributed by atoms with Crippen molar-refractivity contribution in [3.63, 3.8) is 0 Å². The number of hydrogen-bond donors (Lipinski definition) is 1. The molecule has 1 N–H and O–H groups in total. The minimum Gasteiger partial charge on any atom is -0.355 e. The molecule has 1 saturated heterocycles. The number of nitrogens with one attached hydrogen (secondary N) is 1. The zero-order chi connectivity index (χ0) is 19.4. The van der Waals surface area contributed by atoms with Crippen molar-refractivity contribution in [2.75, 3.05) is 31.6 Å². The van der Waals surface area contributed by atoms with Crippen molar-refractivity contribution >= 4 is 34.2 Å². The quantitative estimate of drug-likeness (QED) is 0.851. The number of nitrogens with zero attached hydrogens (tertiary/aromatic N) is 2. The number of fused-ring (bicyclic) bond motifs is 1. The van der Waals surface area contributed by atoms with Gasteiger partial charge in [-0.05, 0) is 17.9 Å². The molecule has 27 heavy (non-hydrogen) atoms. The highest BCUT2D eigenvalue weighted by molar-refractivity contribution is 6.07. The first kappa shape index (κ1) is 18.9. The second-order valence-corrected chi connectivity index (χ2v) is 6.95. The van der Waals surface area contributed by atoms with Gasteiger partial charge >= 0.3 is 0 Å². The lowest BCUT2D eigenvalue weighted by Gasteiger charge is -2.22. The molecule has 0 radical (unpaired) electrons. The molecular formula is C21H25N3O3. The molecule has 1 aliphatic rings. The molecule has 3 amide bonds. The minimum atomic E-state index is -0.430. The number of rotatable bonds is 6. The molecule has 3 rings (SSSR count). The molecule has 142 valence electrons. The van der Waals surface area contributed by atoms with Crippen molar-refractivity contribution in [1.29, 1.82) is 0 Å². The van der Waals surface area contributed by atoms with E-state index in [0.29, 0.717) is 13.1 Å². The molecule has 6 nitrogen and oxygen atoms in total. The Morgan fingerprint density at radius 3 is 2.70 bits per heavy atom. The predicted octanol–water partition coefficient (Wildman–Crippen LogP) is 2.18. The van der Waals surface area contributed by atoms with Crippen LogP contribution in [0.5, 0.6) is 0 Å². The molecule has 0 aromatic heterocycles. The molecule has 1 aliphatic heterocycles. The Morgan fingerprint density at radius 2 is 1.93 bits per heavy atom.